The predicted octanol–water partition coefficient (Wildman–Crippen LogP) is 2.54. The highest BCUT2D eigenvalue weighted by Crippen LogP contribution is 2.38. The summed E-state index contributed by atoms with van der Waals surface area (Å²) in [5.41, 5.74) is 0.779. The average molecular weight is 222 g/mol. The van der Waals surface area contributed by atoms with E-state index in [0.29, 0.717) is 11.1 Å². The van der Waals surface area contributed by atoms with Gasteiger partial charge in [-0.15, -0.1) is 0 Å². The first-order valence-electron chi connectivity index (χ1n) is 7.12. The lowest BCUT2D eigenvalue weighted by atomic mass is 9.77. The van der Waals surface area contributed by atoms with Gasteiger partial charge in [-0.2, -0.15) is 0 Å². The molecule has 0 aromatic rings. The Labute approximate surface area is 99.8 Å². The van der Waals surface area contributed by atoms with Gasteiger partial charge < -0.3 is 5.32 Å². The van der Waals surface area contributed by atoms with Gasteiger partial charge in [-0.05, 0) is 39.5 Å². The van der Waals surface area contributed by atoms with E-state index in [2.05, 4.69) is 24.1 Å². The molecule has 3 fully saturated rings. The molecule has 1 saturated heterocycles. The van der Waals surface area contributed by atoms with Crippen molar-refractivity contribution in [1.29, 1.82) is 0 Å². The Morgan fingerprint density at radius 3 is 2.31 bits per heavy atom. The number of nitrogens with one attached hydrogen (secondary N) is 1. The van der Waals surface area contributed by atoms with Gasteiger partial charge >= 0.3 is 0 Å². The van der Waals surface area contributed by atoms with E-state index in [0.717, 1.165) is 6.04 Å². The van der Waals surface area contributed by atoms with Crippen molar-refractivity contribution in [3.63, 3.8) is 0 Å². The molecule has 92 valence electrons. The van der Waals surface area contributed by atoms with E-state index in [4.69, 9.17) is 0 Å². The van der Waals surface area contributed by atoms with Crippen molar-refractivity contribution >= 4 is 0 Å². The largest absolute Gasteiger partial charge is 0.304 e. The molecule has 0 amide bonds. The number of piperazine rings is 1. The lowest BCUT2D eigenvalue weighted by Gasteiger charge is -2.53. The highest BCUT2D eigenvalue weighted by Gasteiger charge is 2.46. The van der Waals surface area contributed by atoms with Crippen LogP contribution < -0.4 is 5.32 Å². The standard InChI is InChI=1S/C14H26N2/c1-13(2)10-16(12-6-7-12)11-14(15-13)8-4-3-5-9-14/h12,15H,3-11H2,1-2H3. The number of hydrogen-bond acceptors (Lipinski definition) is 2. The van der Waals surface area contributed by atoms with Gasteiger partial charge in [0.15, 0.2) is 0 Å². The molecule has 0 aromatic carbocycles. The maximum atomic E-state index is 3.98. The van der Waals surface area contributed by atoms with Gasteiger partial charge in [-0.1, -0.05) is 19.3 Å². The van der Waals surface area contributed by atoms with E-state index in [1.807, 2.05) is 0 Å². The molecule has 2 saturated carbocycles. The first-order chi connectivity index (χ1) is 7.59. The van der Waals surface area contributed by atoms with E-state index in [9.17, 15) is 0 Å². The smallest absolute Gasteiger partial charge is 0.0314 e. The average Bonchev–Trinajstić information content (AvgIpc) is 2.98. The van der Waals surface area contributed by atoms with Crippen LogP contribution in [-0.2, 0) is 0 Å². The molecule has 2 aliphatic carbocycles. The second-order valence-electron chi connectivity index (χ2n) is 6.99. The summed E-state index contributed by atoms with van der Waals surface area (Å²) in [6.07, 6.45) is 10.0. The minimum absolute atomic E-state index is 0.318. The fraction of sp³-hybridized carbons (Fsp3) is 1.00. The molecule has 0 bridgehead atoms. The maximum absolute atomic E-state index is 3.98. The summed E-state index contributed by atoms with van der Waals surface area (Å²) in [6, 6.07) is 0.931. The fourth-order valence-corrected chi connectivity index (χ4v) is 3.96. The van der Waals surface area contributed by atoms with Crippen LogP contribution in [0.1, 0.15) is 58.8 Å². The lowest BCUT2D eigenvalue weighted by Crippen LogP contribution is -2.69. The molecule has 16 heavy (non-hydrogen) atoms. The van der Waals surface area contributed by atoms with E-state index in [1.54, 1.807) is 0 Å². The van der Waals surface area contributed by atoms with Crippen LogP contribution in [0.5, 0.6) is 0 Å². The van der Waals surface area contributed by atoms with Gasteiger partial charge in [-0.25, -0.2) is 0 Å². The maximum Gasteiger partial charge on any atom is 0.0314 e. The third-order valence-electron chi connectivity index (χ3n) is 4.58. The number of nitrogens with zero attached hydrogens (tertiary/aromatic N) is 1. The molecule has 0 radical (unpaired) electrons. The quantitative estimate of drug-likeness (QED) is 0.733. The zero-order valence-electron chi connectivity index (χ0n) is 10.9. The molecule has 1 heterocycles. The molecule has 0 aromatic heterocycles. The Balaban J connectivity index is 1.76. The Hall–Kier alpha value is -0.0800. The van der Waals surface area contributed by atoms with Gasteiger partial charge in [-0.3, -0.25) is 4.90 Å². The first kappa shape index (κ1) is 11.0. The molecule has 1 spiro atoms. The van der Waals surface area contributed by atoms with E-state index < -0.39 is 0 Å². The third kappa shape index (κ3) is 2.14. The third-order valence-corrected chi connectivity index (χ3v) is 4.58. The van der Waals surface area contributed by atoms with Gasteiger partial charge in [0, 0.05) is 30.2 Å². The highest BCUT2D eigenvalue weighted by atomic mass is 15.3. The van der Waals surface area contributed by atoms with Crippen molar-refractivity contribution in [2.24, 2.45) is 0 Å². The van der Waals surface area contributed by atoms with Crippen LogP contribution in [0.25, 0.3) is 0 Å². The molecular formula is C14H26N2. The van der Waals surface area contributed by atoms with E-state index in [1.165, 1.54) is 58.0 Å². The summed E-state index contributed by atoms with van der Waals surface area (Å²) in [6.45, 7) is 7.34. The Morgan fingerprint density at radius 1 is 1.00 bits per heavy atom. The van der Waals surface area contributed by atoms with E-state index >= 15 is 0 Å². The Kier molecular flexibility index (Phi) is 2.56. The molecule has 0 atom stereocenters. The van der Waals surface area contributed by atoms with Crippen LogP contribution in [0.3, 0.4) is 0 Å². The van der Waals surface area contributed by atoms with Crippen LogP contribution in [0.4, 0.5) is 0 Å². The summed E-state index contributed by atoms with van der Waals surface area (Å²) in [5, 5.41) is 3.98. The molecule has 3 aliphatic rings. The monoisotopic (exact) mass is 222 g/mol. The summed E-state index contributed by atoms with van der Waals surface area (Å²) >= 11 is 0. The molecular weight excluding hydrogens is 196 g/mol. The minimum atomic E-state index is 0.318. The molecule has 0 unspecified atom stereocenters. The zero-order chi connectivity index (χ0) is 11.2. The summed E-state index contributed by atoms with van der Waals surface area (Å²) in [7, 11) is 0. The van der Waals surface area contributed by atoms with Gasteiger partial charge in [0.1, 0.15) is 0 Å². The topological polar surface area (TPSA) is 15.3 Å². The summed E-state index contributed by atoms with van der Waals surface area (Å²) < 4.78 is 0. The number of hydrogen-bond donors (Lipinski definition) is 1. The molecule has 3 rings (SSSR count). The van der Waals surface area contributed by atoms with Crippen LogP contribution in [-0.4, -0.2) is 35.1 Å². The van der Waals surface area contributed by atoms with Crippen LogP contribution in [0.2, 0.25) is 0 Å². The van der Waals surface area contributed by atoms with Crippen LogP contribution in [0, 0.1) is 0 Å². The normalized spacial score (nSPS) is 34.1. The summed E-state index contributed by atoms with van der Waals surface area (Å²) in [5.74, 6) is 0. The second kappa shape index (κ2) is 3.71. The highest BCUT2D eigenvalue weighted by molar-refractivity contribution is 5.06. The van der Waals surface area contributed by atoms with Crippen molar-refractivity contribution in [3.05, 3.63) is 0 Å². The van der Waals surface area contributed by atoms with Crippen molar-refractivity contribution < 1.29 is 0 Å². The molecule has 2 nitrogen and oxygen atoms in total. The van der Waals surface area contributed by atoms with Crippen molar-refractivity contribution in [3.8, 4) is 0 Å². The van der Waals surface area contributed by atoms with Gasteiger partial charge in [0.2, 0.25) is 0 Å². The first-order valence-corrected chi connectivity index (χ1v) is 7.12. The van der Waals surface area contributed by atoms with E-state index in [-0.39, 0.29) is 0 Å². The SMILES string of the molecule is CC1(C)CN(C2CC2)CC2(CCCCC2)N1. The predicted molar refractivity (Wildman–Crippen MR) is 67.6 cm³/mol. The zero-order valence-corrected chi connectivity index (χ0v) is 10.9. The van der Waals surface area contributed by atoms with Crippen LogP contribution in [0.15, 0.2) is 0 Å². The molecule has 1 aliphatic heterocycles. The van der Waals surface area contributed by atoms with Crippen molar-refractivity contribution in [2.45, 2.75) is 75.9 Å². The fourth-order valence-electron chi connectivity index (χ4n) is 3.96. The lowest BCUT2D eigenvalue weighted by molar-refractivity contribution is 0.0325. The second-order valence-corrected chi connectivity index (χ2v) is 6.99. The van der Waals surface area contributed by atoms with Crippen LogP contribution >= 0.6 is 0 Å². The number of rotatable bonds is 1. The minimum Gasteiger partial charge on any atom is -0.304 e. The molecule has 1 N–H and O–H groups in total. The molecule has 2 heteroatoms. The summed E-state index contributed by atoms with van der Waals surface area (Å²) in [4.78, 5) is 2.78. The van der Waals surface area contributed by atoms with Crippen molar-refractivity contribution in [1.82, 2.24) is 10.2 Å². The Bertz CT molecular complexity index is 262. The van der Waals surface area contributed by atoms with Gasteiger partial charge in [0.05, 0.1) is 0 Å². The van der Waals surface area contributed by atoms with Gasteiger partial charge in [0.25, 0.3) is 0 Å². The Morgan fingerprint density at radius 2 is 1.69 bits per heavy atom. The van der Waals surface area contributed by atoms with Crippen molar-refractivity contribution in [2.75, 3.05) is 13.1 Å².